The van der Waals surface area contributed by atoms with Crippen molar-refractivity contribution in [3.63, 3.8) is 0 Å². The van der Waals surface area contributed by atoms with Gasteiger partial charge in [-0.15, -0.1) is 11.3 Å². The quantitative estimate of drug-likeness (QED) is 0.703. The van der Waals surface area contributed by atoms with Gasteiger partial charge in [0.25, 0.3) is 0 Å². The number of rotatable bonds is 2. The predicted octanol–water partition coefficient (Wildman–Crippen LogP) is 2.69. The first kappa shape index (κ1) is 10.4. The Bertz CT molecular complexity index is 375. The van der Waals surface area contributed by atoms with E-state index < -0.39 is 0 Å². The summed E-state index contributed by atoms with van der Waals surface area (Å²) in [6, 6.07) is 4.12. The summed E-state index contributed by atoms with van der Waals surface area (Å²) in [6.07, 6.45) is 5.91. The molecule has 1 aliphatic rings. The maximum Gasteiger partial charge on any atom is 0.246 e. The fraction of sp³-hybridized carbons (Fsp3) is 0.417. The number of nitrogens with zero attached hydrogens (tertiary/aromatic N) is 1. The summed E-state index contributed by atoms with van der Waals surface area (Å²) in [5.74, 6) is 0.151. The molecule has 3 heteroatoms. The van der Waals surface area contributed by atoms with Crippen LogP contribution in [0.25, 0.3) is 6.08 Å². The number of thiophene rings is 1. The number of hydrogen-bond acceptors (Lipinski definition) is 2. The van der Waals surface area contributed by atoms with Crippen LogP contribution in [0.4, 0.5) is 0 Å². The van der Waals surface area contributed by atoms with Crippen molar-refractivity contribution in [2.45, 2.75) is 19.8 Å². The molecule has 80 valence electrons. The van der Waals surface area contributed by atoms with E-state index in [1.54, 1.807) is 17.4 Å². The third-order valence-electron chi connectivity index (χ3n) is 2.57. The highest BCUT2D eigenvalue weighted by atomic mass is 32.1. The molecule has 2 nitrogen and oxygen atoms in total. The molecule has 0 aromatic carbocycles. The summed E-state index contributed by atoms with van der Waals surface area (Å²) in [4.78, 5) is 16.0. The molecule has 1 amide bonds. The maximum atomic E-state index is 11.7. The van der Waals surface area contributed by atoms with E-state index in [2.05, 4.69) is 13.0 Å². The molecule has 2 heterocycles. The van der Waals surface area contributed by atoms with Gasteiger partial charge in [0.15, 0.2) is 0 Å². The molecule has 0 bridgehead atoms. The van der Waals surface area contributed by atoms with Gasteiger partial charge in [-0.3, -0.25) is 4.79 Å². The molecule has 0 saturated carbocycles. The highest BCUT2D eigenvalue weighted by Gasteiger charge is 2.14. The minimum absolute atomic E-state index is 0.151. The van der Waals surface area contributed by atoms with E-state index >= 15 is 0 Å². The summed E-state index contributed by atoms with van der Waals surface area (Å²) in [6.45, 7) is 3.92. The molecule has 1 aromatic rings. The second-order valence-electron chi connectivity index (χ2n) is 3.81. The van der Waals surface area contributed by atoms with Crippen molar-refractivity contribution in [1.29, 1.82) is 0 Å². The SMILES string of the molecule is Cc1ccc(C=CC(=O)N2CCCC2)s1. The third kappa shape index (κ3) is 2.69. The highest BCUT2D eigenvalue weighted by Crippen LogP contribution is 2.17. The number of aryl methyl sites for hydroxylation is 1. The van der Waals surface area contributed by atoms with Crippen LogP contribution in [0.1, 0.15) is 22.6 Å². The zero-order chi connectivity index (χ0) is 10.7. The van der Waals surface area contributed by atoms with Crippen LogP contribution in [0.2, 0.25) is 0 Å². The van der Waals surface area contributed by atoms with Gasteiger partial charge >= 0.3 is 0 Å². The average molecular weight is 221 g/mol. The van der Waals surface area contributed by atoms with Gasteiger partial charge in [-0.1, -0.05) is 0 Å². The zero-order valence-electron chi connectivity index (χ0n) is 8.90. The molecular formula is C12H15NOS. The van der Waals surface area contributed by atoms with Crippen LogP contribution < -0.4 is 0 Å². The molecule has 1 saturated heterocycles. The van der Waals surface area contributed by atoms with E-state index in [0.29, 0.717) is 0 Å². The second-order valence-corrected chi connectivity index (χ2v) is 5.13. The van der Waals surface area contributed by atoms with Gasteiger partial charge in [0, 0.05) is 28.9 Å². The van der Waals surface area contributed by atoms with Crippen LogP contribution in [-0.4, -0.2) is 23.9 Å². The van der Waals surface area contributed by atoms with Crippen molar-refractivity contribution in [2.75, 3.05) is 13.1 Å². The van der Waals surface area contributed by atoms with Gasteiger partial charge in [-0.05, 0) is 38.0 Å². The normalized spacial score (nSPS) is 16.5. The summed E-state index contributed by atoms with van der Waals surface area (Å²) in [5.41, 5.74) is 0. The van der Waals surface area contributed by atoms with E-state index in [1.165, 1.54) is 4.88 Å². The summed E-state index contributed by atoms with van der Waals surface area (Å²) in [7, 11) is 0. The highest BCUT2D eigenvalue weighted by molar-refractivity contribution is 7.12. The molecule has 0 aliphatic carbocycles. The lowest BCUT2D eigenvalue weighted by atomic mass is 10.3. The molecule has 2 rings (SSSR count). The number of hydrogen-bond donors (Lipinski definition) is 0. The lowest BCUT2D eigenvalue weighted by molar-refractivity contribution is -0.124. The first-order valence-electron chi connectivity index (χ1n) is 5.29. The Morgan fingerprint density at radius 1 is 1.40 bits per heavy atom. The van der Waals surface area contributed by atoms with Crippen molar-refractivity contribution in [2.24, 2.45) is 0 Å². The summed E-state index contributed by atoms with van der Waals surface area (Å²) < 4.78 is 0. The summed E-state index contributed by atoms with van der Waals surface area (Å²) >= 11 is 1.71. The Morgan fingerprint density at radius 2 is 2.13 bits per heavy atom. The standard InChI is InChI=1S/C12H15NOS/c1-10-4-5-11(15-10)6-7-12(14)13-8-2-3-9-13/h4-7H,2-3,8-9H2,1H3. The largest absolute Gasteiger partial charge is 0.339 e. The average Bonchev–Trinajstić information content (AvgIpc) is 2.84. The lowest BCUT2D eigenvalue weighted by Crippen LogP contribution is -2.25. The molecule has 1 aromatic heterocycles. The van der Waals surface area contributed by atoms with Crippen molar-refractivity contribution in [3.8, 4) is 0 Å². The molecule has 0 radical (unpaired) electrons. The fourth-order valence-corrected chi connectivity index (χ4v) is 2.52. The monoisotopic (exact) mass is 221 g/mol. The van der Waals surface area contributed by atoms with Crippen LogP contribution in [0, 0.1) is 6.92 Å². The fourth-order valence-electron chi connectivity index (χ4n) is 1.74. The molecule has 1 fully saturated rings. The van der Waals surface area contributed by atoms with Crippen LogP contribution in [-0.2, 0) is 4.79 Å². The second kappa shape index (κ2) is 4.62. The van der Waals surface area contributed by atoms with Crippen LogP contribution in [0.5, 0.6) is 0 Å². The number of carbonyl (C=O) groups excluding carboxylic acids is 1. The van der Waals surface area contributed by atoms with Crippen LogP contribution in [0.15, 0.2) is 18.2 Å². The minimum atomic E-state index is 0.151. The van der Waals surface area contributed by atoms with Gasteiger partial charge in [0.1, 0.15) is 0 Å². The van der Waals surface area contributed by atoms with Crippen molar-refractivity contribution in [1.82, 2.24) is 4.90 Å². The maximum absolute atomic E-state index is 11.7. The molecule has 0 N–H and O–H groups in total. The molecule has 0 spiro atoms. The Hall–Kier alpha value is -1.09. The first-order chi connectivity index (χ1) is 7.25. The number of carbonyl (C=O) groups is 1. The Labute approximate surface area is 94.2 Å². The van der Waals surface area contributed by atoms with Gasteiger partial charge in [-0.25, -0.2) is 0 Å². The molecule has 15 heavy (non-hydrogen) atoms. The Balaban J connectivity index is 1.95. The lowest BCUT2D eigenvalue weighted by Gasteiger charge is -2.11. The minimum Gasteiger partial charge on any atom is -0.339 e. The number of amides is 1. The van der Waals surface area contributed by atoms with Crippen molar-refractivity contribution >= 4 is 23.3 Å². The molecule has 0 unspecified atom stereocenters. The van der Waals surface area contributed by atoms with Crippen molar-refractivity contribution in [3.05, 3.63) is 28.0 Å². The predicted molar refractivity (Wildman–Crippen MR) is 63.9 cm³/mol. The van der Waals surface area contributed by atoms with E-state index in [0.717, 1.165) is 30.8 Å². The van der Waals surface area contributed by atoms with E-state index in [9.17, 15) is 4.79 Å². The van der Waals surface area contributed by atoms with E-state index in [4.69, 9.17) is 0 Å². The first-order valence-corrected chi connectivity index (χ1v) is 6.11. The van der Waals surface area contributed by atoms with Crippen molar-refractivity contribution < 1.29 is 4.79 Å². The van der Waals surface area contributed by atoms with E-state index in [-0.39, 0.29) is 5.91 Å². The molecule has 1 aliphatic heterocycles. The van der Waals surface area contributed by atoms with E-state index in [1.807, 2.05) is 17.0 Å². The smallest absolute Gasteiger partial charge is 0.246 e. The Kier molecular flexibility index (Phi) is 3.21. The van der Waals surface area contributed by atoms with Gasteiger partial charge in [0.05, 0.1) is 0 Å². The number of likely N-dealkylation sites (tertiary alicyclic amines) is 1. The third-order valence-corrected chi connectivity index (χ3v) is 3.53. The van der Waals surface area contributed by atoms with Gasteiger partial charge in [-0.2, -0.15) is 0 Å². The van der Waals surface area contributed by atoms with Gasteiger partial charge in [0.2, 0.25) is 5.91 Å². The topological polar surface area (TPSA) is 20.3 Å². The van der Waals surface area contributed by atoms with Crippen LogP contribution >= 0.6 is 11.3 Å². The molecule has 0 atom stereocenters. The Morgan fingerprint density at radius 3 is 2.73 bits per heavy atom. The van der Waals surface area contributed by atoms with Crippen LogP contribution in [0.3, 0.4) is 0 Å². The molecular weight excluding hydrogens is 206 g/mol. The zero-order valence-corrected chi connectivity index (χ0v) is 9.72. The summed E-state index contributed by atoms with van der Waals surface area (Å²) in [5, 5.41) is 0. The van der Waals surface area contributed by atoms with Gasteiger partial charge < -0.3 is 4.90 Å².